The number of benzene rings is 1. The molecule has 0 saturated carbocycles. The highest BCUT2D eigenvalue weighted by molar-refractivity contribution is 5.96. The van der Waals surface area contributed by atoms with Crippen molar-refractivity contribution in [1.29, 1.82) is 0 Å². The second-order valence-electron chi connectivity index (χ2n) is 9.34. The molecule has 0 aliphatic carbocycles. The minimum absolute atomic E-state index is 0.171. The predicted octanol–water partition coefficient (Wildman–Crippen LogP) is 2.48. The van der Waals surface area contributed by atoms with Crippen LogP contribution in [0.15, 0.2) is 36.8 Å². The molecule has 1 saturated heterocycles. The van der Waals surface area contributed by atoms with Crippen molar-refractivity contribution >= 4 is 40.6 Å². The molecule has 3 aromatic rings. The van der Waals surface area contributed by atoms with Crippen molar-refractivity contribution in [1.82, 2.24) is 30.5 Å². The average Bonchev–Trinajstić information content (AvgIpc) is 3.28. The Morgan fingerprint density at radius 3 is 2.65 bits per heavy atom. The van der Waals surface area contributed by atoms with Gasteiger partial charge in [0.25, 0.3) is 0 Å². The highest BCUT2D eigenvalue weighted by Gasteiger charge is 2.42. The van der Waals surface area contributed by atoms with Crippen LogP contribution in [0, 0.1) is 12.3 Å². The van der Waals surface area contributed by atoms with Gasteiger partial charge in [0.05, 0.1) is 10.8 Å². The lowest BCUT2D eigenvalue weighted by atomic mass is 9.77. The molecule has 4 amide bonds. The summed E-state index contributed by atoms with van der Waals surface area (Å²) < 4.78 is 5.31. The monoisotopic (exact) mass is 508 g/mol. The van der Waals surface area contributed by atoms with Gasteiger partial charge in [-0.2, -0.15) is 0 Å². The SMILES string of the molecule is CNC(=O)NCC1(C(=O)Nc2cccc(OC(=O)N(C)C)c2)CCN(c2ncnc3[nH]cc(C)c23)CC1. The first-order chi connectivity index (χ1) is 17.7. The molecule has 1 aliphatic rings. The lowest BCUT2D eigenvalue weighted by molar-refractivity contribution is -0.126. The van der Waals surface area contributed by atoms with Crippen LogP contribution in [0.3, 0.4) is 0 Å². The molecule has 4 rings (SSSR count). The molecule has 196 valence electrons. The molecule has 4 N–H and O–H groups in total. The smallest absolute Gasteiger partial charge is 0.410 e. The van der Waals surface area contributed by atoms with Crippen molar-refractivity contribution in [2.45, 2.75) is 19.8 Å². The summed E-state index contributed by atoms with van der Waals surface area (Å²) in [7, 11) is 4.71. The maximum Gasteiger partial charge on any atom is 0.414 e. The Morgan fingerprint density at radius 1 is 1.19 bits per heavy atom. The molecule has 0 spiro atoms. The first-order valence-electron chi connectivity index (χ1n) is 12.0. The Balaban J connectivity index is 1.53. The molecule has 0 radical (unpaired) electrons. The highest BCUT2D eigenvalue weighted by atomic mass is 16.6. The van der Waals surface area contributed by atoms with Gasteiger partial charge >= 0.3 is 12.1 Å². The second kappa shape index (κ2) is 10.7. The summed E-state index contributed by atoms with van der Waals surface area (Å²) in [6.07, 6.45) is 3.91. The zero-order valence-corrected chi connectivity index (χ0v) is 21.4. The van der Waals surface area contributed by atoms with Gasteiger partial charge in [0.1, 0.15) is 23.5 Å². The highest BCUT2D eigenvalue weighted by Crippen LogP contribution is 2.36. The molecule has 1 fully saturated rings. The normalized spacial score (nSPS) is 14.6. The lowest BCUT2D eigenvalue weighted by Gasteiger charge is -2.41. The second-order valence-corrected chi connectivity index (χ2v) is 9.34. The van der Waals surface area contributed by atoms with Crippen LogP contribution in [0.5, 0.6) is 5.75 Å². The van der Waals surface area contributed by atoms with Gasteiger partial charge in [-0.1, -0.05) is 6.07 Å². The van der Waals surface area contributed by atoms with Gasteiger partial charge in [-0.05, 0) is 37.5 Å². The summed E-state index contributed by atoms with van der Waals surface area (Å²) in [6, 6.07) is 6.31. The number of aromatic nitrogens is 3. The van der Waals surface area contributed by atoms with Crippen LogP contribution < -0.4 is 25.6 Å². The summed E-state index contributed by atoms with van der Waals surface area (Å²) in [5.41, 5.74) is 1.47. The number of fused-ring (bicyclic) bond motifs is 1. The Kier molecular flexibility index (Phi) is 7.46. The van der Waals surface area contributed by atoms with Gasteiger partial charge in [-0.25, -0.2) is 19.6 Å². The molecule has 12 nitrogen and oxygen atoms in total. The van der Waals surface area contributed by atoms with E-state index in [2.05, 4.69) is 35.8 Å². The first-order valence-corrected chi connectivity index (χ1v) is 12.0. The van der Waals surface area contributed by atoms with Gasteiger partial charge in [0.15, 0.2) is 0 Å². The summed E-state index contributed by atoms with van der Waals surface area (Å²) in [6.45, 7) is 3.31. The number of anilines is 2. The van der Waals surface area contributed by atoms with Gasteiger partial charge in [-0.3, -0.25) is 4.79 Å². The van der Waals surface area contributed by atoms with Crippen LogP contribution in [0.4, 0.5) is 21.1 Å². The maximum atomic E-state index is 13.7. The Hall–Kier alpha value is -4.35. The van der Waals surface area contributed by atoms with Crippen molar-refractivity contribution in [3.05, 3.63) is 42.4 Å². The lowest BCUT2D eigenvalue weighted by Crippen LogP contribution is -2.53. The van der Waals surface area contributed by atoms with Crippen LogP contribution in [-0.4, -0.2) is 78.7 Å². The molecular formula is C25H32N8O4. The van der Waals surface area contributed by atoms with E-state index in [-0.39, 0.29) is 18.5 Å². The van der Waals surface area contributed by atoms with E-state index in [1.54, 1.807) is 38.4 Å². The van der Waals surface area contributed by atoms with E-state index in [0.717, 1.165) is 22.4 Å². The quantitative estimate of drug-likeness (QED) is 0.400. The molecule has 1 aliphatic heterocycles. The van der Waals surface area contributed by atoms with E-state index in [0.29, 0.717) is 37.4 Å². The number of H-pyrrole nitrogens is 1. The third-order valence-corrected chi connectivity index (χ3v) is 6.63. The third-order valence-electron chi connectivity index (χ3n) is 6.63. The fourth-order valence-electron chi connectivity index (χ4n) is 4.40. The maximum absolute atomic E-state index is 13.7. The van der Waals surface area contributed by atoms with Crippen LogP contribution in [0.1, 0.15) is 18.4 Å². The van der Waals surface area contributed by atoms with E-state index in [1.807, 2.05) is 13.1 Å². The third kappa shape index (κ3) is 5.57. The molecule has 2 aromatic heterocycles. The number of hydrogen-bond acceptors (Lipinski definition) is 7. The number of carbonyl (C=O) groups is 3. The number of ether oxygens (including phenoxy) is 1. The minimum Gasteiger partial charge on any atom is -0.410 e. The Morgan fingerprint density at radius 2 is 1.95 bits per heavy atom. The fourth-order valence-corrected chi connectivity index (χ4v) is 4.40. The number of aryl methyl sites for hydroxylation is 1. The number of piperidine rings is 1. The van der Waals surface area contributed by atoms with Crippen molar-refractivity contribution in [2.75, 3.05) is 51.0 Å². The molecule has 12 heteroatoms. The fraction of sp³-hybridized carbons (Fsp3) is 0.400. The van der Waals surface area contributed by atoms with E-state index < -0.39 is 11.5 Å². The molecule has 0 atom stereocenters. The summed E-state index contributed by atoms with van der Waals surface area (Å²) in [5, 5.41) is 9.28. The first kappa shape index (κ1) is 25.7. The Labute approximate surface area is 214 Å². The largest absolute Gasteiger partial charge is 0.414 e. The zero-order valence-electron chi connectivity index (χ0n) is 21.4. The molecule has 0 bridgehead atoms. The number of hydrogen-bond donors (Lipinski definition) is 4. The van der Waals surface area contributed by atoms with Crippen LogP contribution in [0.25, 0.3) is 11.0 Å². The predicted molar refractivity (Wildman–Crippen MR) is 140 cm³/mol. The number of rotatable bonds is 6. The number of urea groups is 1. The molecule has 37 heavy (non-hydrogen) atoms. The van der Waals surface area contributed by atoms with Crippen LogP contribution in [0.2, 0.25) is 0 Å². The van der Waals surface area contributed by atoms with Gasteiger partial charge < -0.3 is 35.5 Å². The standard InChI is InChI=1S/C25H32N8O4/c1-16-13-27-20-19(16)21(30-15-29-20)33-10-8-25(9-11-33,14-28-23(35)26-2)22(34)31-17-6-5-7-18(12-17)37-24(36)32(3)4/h5-7,12-13,15H,8-11,14H2,1-4H3,(H,31,34)(H2,26,28,35)(H,27,29,30). The van der Waals surface area contributed by atoms with Crippen molar-refractivity contribution in [3.63, 3.8) is 0 Å². The van der Waals surface area contributed by atoms with Crippen molar-refractivity contribution in [2.24, 2.45) is 5.41 Å². The molecule has 0 unspecified atom stereocenters. The summed E-state index contributed by atoms with van der Waals surface area (Å²) in [5.74, 6) is 0.927. The molecule has 3 heterocycles. The average molecular weight is 509 g/mol. The summed E-state index contributed by atoms with van der Waals surface area (Å²) in [4.78, 5) is 53.0. The van der Waals surface area contributed by atoms with E-state index in [1.165, 1.54) is 18.3 Å². The molecular weight excluding hydrogens is 476 g/mol. The van der Waals surface area contributed by atoms with Gasteiger partial charge in [0.2, 0.25) is 5.91 Å². The van der Waals surface area contributed by atoms with Crippen molar-refractivity contribution in [3.8, 4) is 5.75 Å². The van der Waals surface area contributed by atoms with Gasteiger partial charge in [-0.15, -0.1) is 0 Å². The number of nitrogens with zero attached hydrogens (tertiary/aromatic N) is 4. The number of carbonyl (C=O) groups excluding carboxylic acids is 3. The Bertz CT molecular complexity index is 1300. The summed E-state index contributed by atoms with van der Waals surface area (Å²) >= 11 is 0. The topological polar surface area (TPSA) is 145 Å². The number of nitrogens with one attached hydrogen (secondary N) is 4. The number of aromatic amines is 1. The minimum atomic E-state index is -0.849. The van der Waals surface area contributed by atoms with Crippen LogP contribution >= 0.6 is 0 Å². The van der Waals surface area contributed by atoms with Gasteiger partial charge in [0, 0.05) is 58.7 Å². The van der Waals surface area contributed by atoms with Crippen molar-refractivity contribution < 1.29 is 19.1 Å². The van der Waals surface area contributed by atoms with E-state index in [4.69, 9.17) is 4.74 Å². The number of amides is 4. The zero-order chi connectivity index (χ0) is 26.6. The van der Waals surface area contributed by atoms with E-state index in [9.17, 15) is 14.4 Å². The van der Waals surface area contributed by atoms with E-state index >= 15 is 0 Å². The molecule has 1 aromatic carbocycles. The van der Waals surface area contributed by atoms with Crippen LogP contribution in [-0.2, 0) is 4.79 Å².